The van der Waals surface area contributed by atoms with Crippen molar-refractivity contribution in [1.29, 1.82) is 0 Å². The van der Waals surface area contributed by atoms with Crippen molar-refractivity contribution in [2.75, 3.05) is 5.73 Å². The molecule has 160 valence electrons. The first kappa shape index (κ1) is 20.6. The fourth-order valence-corrected chi connectivity index (χ4v) is 3.63. The van der Waals surface area contributed by atoms with Crippen molar-refractivity contribution in [2.24, 2.45) is 0 Å². The number of fused-ring (bicyclic) bond motifs is 1. The van der Waals surface area contributed by atoms with Gasteiger partial charge in [-0.15, -0.1) is 0 Å². The van der Waals surface area contributed by atoms with Crippen LogP contribution in [0.25, 0.3) is 11.2 Å². The molecular formula is C23H24FN5O2. The summed E-state index contributed by atoms with van der Waals surface area (Å²) in [5, 5.41) is 0. The lowest BCUT2D eigenvalue weighted by atomic mass is 10.1. The Bertz CT molecular complexity index is 1350. The van der Waals surface area contributed by atoms with Gasteiger partial charge in [0.15, 0.2) is 5.65 Å². The highest BCUT2D eigenvalue weighted by molar-refractivity contribution is 5.70. The van der Waals surface area contributed by atoms with E-state index in [1.165, 1.54) is 10.6 Å². The number of aryl methyl sites for hydroxylation is 1. The molecule has 2 aromatic carbocycles. The highest BCUT2D eigenvalue weighted by Crippen LogP contribution is 2.16. The smallest absolute Gasteiger partial charge is 0.333 e. The largest absolute Gasteiger partial charge is 0.398 e. The predicted molar refractivity (Wildman–Crippen MR) is 119 cm³/mol. The van der Waals surface area contributed by atoms with Crippen LogP contribution in [0.4, 0.5) is 10.1 Å². The second kappa shape index (κ2) is 8.59. The minimum atomic E-state index is -0.518. The van der Waals surface area contributed by atoms with E-state index >= 15 is 0 Å². The molecule has 8 heteroatoms. The lowest BCUT2D eigenvalue weighted by Gasteiger charge is -2.11. The number of nitrogen functional groups attached to an aromatic ring is 1. The van der Waals surface area contributed by atoms with Gasteiger partial charge in [-0.05, 0) is 24.1 Å². The molecule has 0 spiro atoms. The number of aromatic amines is 1. The van der Waals surface area contributed by atoms with E-state index in [0.29, 0.717) is 30.1 Å². The third-order valence-corrected chi connectivity index (χ3v) is 5.34. The summed E-state index contributed by atoms with van der Waals surface area (Å²) in [4.78, 5) is 34.0. The molecule has 2 aromatic heterocycles. The summed E-state index contributed by atoms with van der Waals surface area (Å²) in [6.07, 6.45) is 2.02. The van der Waals surface area contributed by atoms with Gasteiger partial charge < -0.3 is 10.7 Å². The van der Waals surface area contributed by atoms with E-state index in [2.05, 4.69) is 9.97 Å². The van der Waals surface area contributed by atoms with Crippen LogP contribution in [0.2, 0.25) is 0 Å². The van der Waals surface area contributed by atoms with Crippen LogP contribution in [0, 0.1) is 5.82 Å². The fourth-order valence-electron chi connectivity index (χ4n) is 3.63. The molecule has 31 heavy (non-hydrogen) atoms. The molecule has 0 bridgehead atoms. The molecule has 0 amide bonds. The number of nitrogens with two attached hydrogens (primary N) is 1. The number of imidazole rings is 1. The number of aromatic nitrogens is 4. The molecule has 0 unspecified atom stereocenters. The van der Waals surface area contributed by atoms with Gasteiger partial charge in [0.05, 0.1) is 6.54 Å². The van der Waals surface area contributed by atoms with Gasteiger partial charge in [-0.3, -0.25) is 13.9 Å². The van der Waals surface area contributed by atoms with E-state index in [9.17, 15) is 14.0 Å². The molecule has 0 saturated carbocycles. The maximum Gasteiger partial charge on any atom is 0.333 e. The van der Waals surface area contributed by atoms with E-state index in [4.69, 9.17) is 5.73 Å². The van der Waals surface area contributed by atoms with E-state index < -0.39 is 17.1 Å². The van der Waals surface area contributed by atoms with E-state index in [-0.39, 0.29) is 17.6 Å². The highest BCUT2D eigenvalue weighted by atomic mass is 19.1. The Kier molecular flexibility index (Phi) is 5.70. The van der Waals surface area contributed by atoms with Gasteiger partial charge in [0.2, 0.25) is 0 Å². The van der Waals surface area contributed by atoms with Crippen molar-refractivity contribution in [3.63, 3.8) is 0 Å². The van der Waals surface area contributed by atoms with Crippen molar-refractivity contribution < 1.29 is 4.39 Å². The number of nitrogens with one attached hydrogen (secondary N) is 1. The third-order valence-electron chi connectivity index (χ3n) is 5.34. The van der Waals surface area contributed by atoms with Crippen molar-refractivity contribution >= 4 is 16.9 Å². The molecular weight excluding hydrogens is 397 g/mol. The number of anilines is 1. The lowest BCUT2D eigenvalue weighted by molar-refractivity contribution is 0.553. The molecule has 0 saturated heterocycles. The lowest BCUT2D eigenvalue weighted by Crippen LogP contribution is -2.40. The minimum absolute atomic E-state index is 0.146. The number of hydrogen-bond donors (Lipinski definition) is 2. The molecule has 0 aliphatic rings. The van der Waals surface area contributed by atoms with Crippen molar-refractivity contribution in [1.82, 2.24) is 19.1 Å². The molecule has 0 aliphatic heterocycles. The van der Waals surface area contributed by atoms with E-state index in [0.717, 1.165) is 23.0 Å². The van der Waals surface area contributed by atoms with Crippen LogP contribution in [0.5, 0.6) is 0 Å². The summed E-state index contributed by atoms with van der Waals surface area (Å²) in [6, 6.07) is 13.6. The van der Waals surface area contributed by atoms with Gasteiger partial charge in [-0.25, -0.2) is 14.2 Å². The average molecular weight is 421 g/mol. The number of nitrogens with zero attached hydrogens (tertiary/aromatic N) is 3. The first-order chi connectivity index (χ1) is 15.0. The number of halogens is 1. The Hall–Kier alpha value is -3.68. The molecule has 3 N–H and O–H groups in total. The number of H-pyrrole nitrogens is 1. The summed E-state index contributed by atoms with van der Waals surface area (Å²) in [5.41, 5.74) is 7.35. The van der Waals surface area contributed by atoms with Gasteiger partial charge in [0.1, 0.15) is 17.2 Å². The Morgan fingerprint density at radius 2 is 1.74 bits per heavy atom. The number of rotatable bonds is 7. The maximum atomic E-state index is 14.2. The van der Waals surface area contributed by atoms with E-state index in [1.807, 2.05) is 25.1 Å². The zero-order chi connectivity index (χ0) is 22.0. The van der Waals surface area contributed by atoms with Gasteiger partial charge in [0.25, 0.3) is 5.56 Å². The first-order valence-corrected chi connectivity index (χ1v) is 10.3. The molecule has 4 rings (SSSR count). The van der Waals surface area contributed by atoms with E-state index in [1.54, 1.807) is 24.3 Å². The normalized spacial score (nSPS) is 11.3. The zero-order valence-corrected chi connectivity index (χ0v) is 17.3. The minimum Gasteiger partial charge on any atom is -0.398 e. The van der Waals surface area contributed by atoms with Crippen molar-refractivity contribution in [2.45, 2.75) is 39.3 Å². The second-order valence-electron chi connectivity index (χ2n) is 7.53. The van der Waals surface area contributed by atoms with Crippen LogP contribution >= 0.6 is 0 Å². The standard InChI is InChI=1S/C23H24FN5O2/c1-2-3-12-28-21-20(26-19(27-21)13-15-8-5-7-11-18(15)25)22(30)29(23(28)31)14-16-9-4-6-10-17(16)24/h4-11H,2-3,12-14,25H2,1H3,(H,26,27). The number of hydrogen-bond acceptors (Lipinski definition) is 4. The molecule has 0 radical (unpaired) electrons. The molecule has 7 nitrogen and oxygen atoms in total. The Labute approximate surface area is 178 Å². The fraction of sp³-hybridized carbons (Fsp3) is 0.261. The average Bonchev–Trinajstić information content (AvgIpc) is 3.18. The van der Waals surface area contributed by atoms with Crippen LogP contribution in [-0.4, -0.2) is 19.1 Å². The van der Waals surface area contributed by atoms with Crippen LogP contribution in [0.15, 0.2) is 58.1 Å². The Balaban J connectivity index is 1.85. The zero-order valence-electron chi connectivity index (χ0n) is 17.3. The number of unbranched alkanes of at least 4 members (excludes halogenated alkanes) is 1. The number of para-hydroxylation sites is 1. The molecule has 4 aromatic rings. The summed E-state index contributed by atoms with van der Waals surface area (Å²) in [6.45, 7) is 2.29. The quantitative estimate of drug-likeness (QED) is 0.448. The Morgan fingerprint density at radius 1 is 1.03 bits per heavy atom. The monoisotopic (exact) mass is 421 g/mol. The van der Waals surface area contributed by atoms with Crippen LogP contribution in [-0.2, 0) is 19.5 Å². The van der Waals surface area contributed by atoms with Gasteiger partial charge >= 0.3 is 5.69 Å². The molecule has 0 fully saturated rings. The second-order valence-corrected chi connectivity index (χ2v) is 7.53. The van der Waals surface area contributed by atoms with Gasteiger partial charge in [-0.1, -0.05) is 49.7 Å². The van der Waals surface area contributed by atoms with Crippen LogP contribution < -0.4 is 17.0 Å². The summed E-state index contributed by atoms with van der Waals surface area (Å²) in [5.74, 6) is 0.0807. The SMILES string of the molecule is CCCCn1c(=O)n(Cc2ccccc2F)c(=O)c2[nH]c(Cc3ccccc3N)nc21. The Morgan fingerprint density at radius 3 is 2.45 bits per heavy atom. The summed E-state index contributed by atoms with van der Waals surface area (Å²) in [7, 11) is 0. The molecule has 0 aliphatic carbocycles. The van der Waals surface area contributed by atoms with Crippen molar-refractivity contribution in [3.05, 3.63) is 92.1 Å². The van der Waals surface area contributed by atoms with Gasteiger partial charge in [0, 0.05) is 24.2 Å². The van der Waals surface area contributed by atoms with Crippen molar-refractivity contribution in [3.8, 4) is 0 Å². The van der Waals surface area contributed by atoms with Crippen LogP contribution in [0.3, 0.4) is 0 Å². The topological polar surface area (TPSA) is 98.7 Å². The van der Waals surface area contributed by atoms with Crippen LogP contribution in [0.1, 0.15) is 36.7 Å². The molecule has 0 atom stereocenters. The third kappa shape index (κ3) is 4.01. The maximum absolute atomic E-state index is 14.2. The van der Waals surface area contributed by atoms with Gasteiger partial charge in [-0.2, -0.15) is 0 Å². The summed E-state index contributed by atoms with van der Waals surface area (Å²) < 4.78 is 16.7. The first-order valence-electron chi connectivity index (χ1n) is 10.3. The summed E-state index contributed by atoms with van der Waals surface area (Å²) >= 11 is 0. The highest BCUT2D eigenvalue weighted by Gasteiger charge is 2.18. The predicted octanol–water partition coefficient (Wildman–Crippen LogP) is 3.05. The molecule has 2 heterocycles. The number of benzene rings is 2.